The summed E-state index contributed by atoms with van der Waals surface area (Å²) in [7, 11) is 0. The Kier molecular flexibility index (Phi) is 2.80. The number of primary amides is 1. The lowest BCUT2D eigenvalue weighted by atomic mass is 10.1. The molecule has 76 valence electrons. The molecular formula is C7H11F3N2O. The highest BCUT2D eigenvalue weighted by molar-refractivity contribution is 5.80. The third-order valence-electron chi connectivity index (χ3n) is 2.06. The van der Waals surface area contributed by atoms with Gasteiger partial charge < -0.3 is 11.1 Å². The van der Waals surface area contributed by atoms with Crippen molar-refractivity contribution in [3.63, 3.8) is 0 Å². The van der Waals surface area contributed by atoms with Crippen LogP contribution in [0.3, 0.4) is 0 Å². The van der Waals surface area contributed by atoms with E-state index in [9.17, 15) is 18.0 Å². The van der Waals surface area contributed by atoms with E-state index in [4.69, 9.17) is 5.73 Å². The van der Waals surface area contributed by atoms with Crippen molar-refractivity contribution in [3.8, 4) is 0 Å². The van der Waals surface area contributed by atoms with Crippen LogP contribution < -0.4 is 11.1 Å². The fourth-order valence-corrected chi connectivity index (χ4v) is 1.48. The Hall–Kier alpha value is -0.780. The van der Waals surface area contributed by atoms with Gasteiger partial charge in [0.1, 0.15) is 0 Å². The summed E-state index contributed by atoms with van der Waals surface area (Å²) in [5.41, 5.74) is 4.94. The van der Waals surface area contributed by atoms with E-state index in [0.717, 1.165) is 0 Å². The quantitative estimate of drug-likeness (QED) is 0.677. The number of carbonyl (C=O) groups excluding carboxylic acids is 1. The molecule has 13 heavy (non-hydrogen) atoms. The first-order valence-electron chi connectivity index (χ1n) is 4.00. The Bertz CT molecular complexity index is 204. The van der Waals surface area contributed by atoms with Crippen molar-refractivity contribution in [2.75, 3.05) is 0 Å². The molecule has 3 nitrogen and oxygen atoms in total. The minimum atomic E-state index is -4.18. The molecule has 0 aromatic heterocycles. The Morgan fingerprint density at radius 3 is 2.46 bits per heavy atom. The first kappa shape index (κ1) is 10.3. The summed E-state index contributed by atoms with van der Waals surface area (Å²) in [5.74, 6) is -0.579. The molecule has 1 saturated heterocycles. The number of halogens is 3. The first-order chi connectivity index (χ1) is 5.88. The summed E-state index contributed by atoms with van der Waals surface area (Å²) in [4.78, 5) is 10.6. The predicted octanol–water partition coefficient (Wildman–Crippen LogP) is 0.545. The van der Waals surface area contributed by atoms with Gasteiger partial charge in [-0.25, -0.2) is 0 Å². The fourth-order valence-electron chi connectivity index (χ4n) is 1.48. The molecule has 1 fully saturated rings. The summed E-state index contributed by atoms with van der Waals surface area (Å²) in [6.07, 6.45) is -4.32. The van der Waals surface area contributed by atoms with Crippen LogP contribution in [0.1, 0.15) is 19.3 Å². The maximum atomic E-state index is 11.9. The van der Waals surface area contributed by atoms with Gasteiger partial charge in [-0.1, -0.05) is 0 Å². The molecule has 1 heterocycles. The lowest BCUT2D eigenvalue weighted by Crippen LogP contribution is -2.40. The summed E-state index contributed by atoms with van der Waals surface area (Å²) >= 11 is 0. The van der Waals surface area contributed by atoms with Gasteiger partial charge >= 0.3 is 6.18 Å². The highest BCUT2D eigenvalue weighted by atomic mass is 19.4. The number of nitrogens with two attached hydrogens (primary N) is 1. The average molecular weight is 196 g/mol. The second-order valence-electron chi connectivity index (χ2n) is 3.22. The zero-order chi connectivity index (χ0) is 10.1. The maximum absolute atomic E-state index is 11.9. The molecule has 2 unspecified atom stereocenters. The monoisotopic (exact) mass is 196 g/mol. The normalized spacial score (nSPS) is 29.2. The molecule has 1 aliphatic heterocycles. The van der Waals surface area contributed by atoms with Crippen molar-refractivity contribution in [2.45, 2.75) is 37.5 Å². The van der Waals surface area contributed by atoms with Crippen molar-refractivity contribution >= 4 is 5.91 Å². The maximum Gasteiger partial charge on any atom is 0.390 e. The molecule has 1 rings (SSSR count). The van der Waals surface area contributed by atoms with Gasteiger partial charge in [-0.3, -0.25) is 4.79 Å². The highest BCUT2D eigenvalue weighted by Gasteiger charge is 2.36. The third-order valence-corrected chi connectivity index (χ3v) is 2.06. The number of carbonyl (C=O) groups is 1. The van der Waals surface area contributed by atoms with Gasteiger partial charge in [-0.2, -0.15) is 13.2 Å². The van der Waals surface area contributed by atoms with Crippen LogP contribution in [-0.2, 0) is 4.79 Å². The number of nitrogens with one attached hydrogen (secondary N) is 1. The zero-order valence-corrected chi connectivity index (χ0v) is 6.90. The molecule has 0 bridgehead atoms. The SMILES string of the molecule is NC(=O)C1CCC(CC(F)(F)F)N1. The molecule has 0 saturated carbocycles. The molecular weight excluding hydrogens is 185 g/mol. The molecule has 2 atom stereocenters. The van der Waals surface area contributed by atoms with Gasteiger partial charge in [-0.05, 0) is 12.8 Å². The minimum absolute atomic E-state index is 0.354. The molecule has 0 aromatic rings. The third kappa shape index (κ3) is 3.22. The first-order valence-corrected chi connectivity index (χ1v) is 4.00. The Morgan fingerprint density at radius 2 is 2.08 bits per heavy atom. The van der Waals surface area contributed by atoms with E-state index in [2.05, 4.69) is 5.32 Å². The van der Waals surface area contributed by atoms with E-state index in [1.54, 1.807) is 0 Å². The predicted molar refractivity (Wildman–Crippen MR) is 39.8 cm³/mol. The lowest BCUT2D eigenvalue weighted by molar-refractivity contribution is -0.139. The van der Waals surface area contributed by atoms with Crippen molar-refractivity contribution < 1.29 is 18.0 Å². The molecule has 0 aromatic carbocycles. The largest absolute Gasteiger partial charge is 0.390 e. The van der Waals surface area contributed by atoms with E-state index >= 15 is 0 Å². The van der Waals surface area contributed by atoms with Crippen LogP contribution in [0, 0.1) is 0 Å². The minimum Gasteiger partial charge on any atom is -0.368 e. The lowest BCUT2D eigenvalue weighted by Gasteiger charge is -2.13. The average Bonchev–Trinajstić information content (AvgIpc) is 2.31. The number of rotatable bonds is 2. The molecule has 0 radical (unpaired) electrons. The van der Waals surface area contributed by atoms with Crippen LogP contribution in [-0.4, -0.2) is 24.2 Å². The number of hydrogen-bond acceptors (Lipinski definition) is 2. The Balaban J connectivity index is 2.38. The standard InChI is InChI=1S/C7H11F3N2O/c8-7(9,10)3-4-1-2-5(12-4)6(11)13/h4-5,12H,1-3H2,(H2,11,13). The van der Waals surface area contributed by atoms with Gasteiger partial charge in [0.2, 0.25) is 5.91 Å². The summed E-state index contributed by atoms with van der Waals surface area (Å²) in [6.45, 7) is 0. The zero-order valence-electron chi connectivity index (χ0n) is 6.90. The Morgan fingerprint density at radius 1 is 1.46 bits per heavy atom. The highest BCUT2D eigenvalue weighted by Crippen LogP contribution is 2.26. The topological polar surface area (TPSA) is 55.1 Å². The second kappa shape index (κ2) is 3.53. The summed E-state index contributed by atoms with van der Waals surface area (Å²) in [5, 5.41) is 2.55. The van der Waals surface area contributed by atoms with E-state index in [-0.39, 0.29) is 0 Å². The van der Waals surface area contributed by atoms with Crippen molar-refractivity contribution in [1.29, 1.82) is 0 Å². The van der Waals surface area contributed by atoms with Gasteiger partial charge in [0.15, 0.2) is 0 Å². The van der Waals surface area contributed by atoms with Gasteiger partial charge in [0.05, 0.1) is 12.5 Å². The van der Waals surface area contributed by atoms with Crippen LogP contribution in [0.15, 0.2) is 0 Å². The van der Waals surface area contributed by atoms with E-state index in [1.807, 2.05) is 0 Å². The molecule has 0 aliphatic carbocycles. The van der Waals surface area contributed by atoms with Gasteiger partial charge in [0, 0.05) is 6.04 Å². The fraction of sp³-hybridized carbons (Fsp3) is 0.857. The number of hydrogen-bond donors (Lipinski definition) is 2. The molecule has 3 N–H and O–H groups in total. The van der Waals surface area contributed by atoms with Crippen LogP contribution in [0.4, 0.5) is 13.2 Å². The smallest absolute Gasteiger partial charge is 0.368 e. The number of alkyl halides is 3. The van der Waals surface area contributed by atoms with Crippen molar-refractivity contribution in [3.05, 3.63) is 0 Å². The van der Waals surface area contributed by atoms with E-state index in [0.29, 0.717) is 12.8 Å². The van der Waals surface area contributed by atoms with Crippen LogP contribution >= 0.6 is 0 Å². The van der Waals surface area contributed by atoms with Crippen LogP contribution in [0.2, 0.25) is 0 Å². The Labute approximate surface area is 73.5 Å². The summed E-state index contributed by atoms with van der Waals surface area (Å²) in [6, 6.07) is -1.25. The summed E-state index contributed by atoms with van der Waals surface area (Å²) < 4.78 is 35.6. The molecule has 6 heteroatoms. The van der Waals surface area contributed by atoms with Gasteiger partial charge in [-0.15, -0.1) is 0 Å². The van der Waals surface area contributed by atoms with E-state index < -0.39 is 30.6 Å². The molecule has 1 aliphatic rings. The number of amides is 1. The van der Waals surface area contributed by atoms with Crippen LogP contribution in [0.25, 0.3) is 0 Å². The van der Waals surface area contributed by atoms with Crippen molar-refractivity contribution in [2.24, 2.45) is 5.73 Å². The van der Waals surface area contributed by atoms with Crippen LogP contribution in [0.5, 0.6) is 0 Å². The van der Waals surface area contributed by atoms with E-state index in [1.165, 1.54) is 0 Å². The van der Waals surface area contributed by atoms with Crippen molar-refractivity contribution in [1.82, 2.24) is 5.32 Å². The van der Waals surface area contributed by atoms with Gasteiger partial charge in [0.25, 0.3) is 0 Å². The molecule has 0 spiro atoms. The second-order valence-corrected chi connectivity index (χ2v) is 3.22. The molecule has 1 amide bonds.